The summed E-state index contributed by atoms with van der Waals surface area (Å²) in [6, 6.07) is 11.8. The first-order valence-corrected chi connectivity index (χ1v) is 19.3. The number of anilines is 1. The molecule has 2 unspecified atom stereocenters. The molecule has 4 amide bonds. The average molecular weight is 777 g/mol. The number of carbonyl (C=O) groups is 4. The molecule has 3 atom stereocenters. The van der Waals surface area contributed by atoms with Crippen molar-refractivity contribution in [2.45, 2.75) is 89.4 Å². The molecule has 0 aliphatic carbocycles. The Bertz CT molecular complexity index is 2080. The van der Waals surface area contributed by atoms with Crippen LogP contribution < -0.4 is 19.7 Å². The van der Waals surface area contributed by atoms with Crippen LogP contribution in [0.4, 0.5) is 14.9 Å². The van der Waals surface area contributed by atoms with Crippen molar-refractivity contribution in [2.24, 2.45) is 0 Å². The number of benzene rings is 3. The molecular formula is C37H40Cl2FN3O8S. The lowest BCUT2D eigenvalue weighted by Gasteiger charge is -2.47. The Kier molecular flexibility index (Phi) is 10.5. The Balaban J connectivity index is 1.85. The Morgan fingerprint density at radius 1 is 1.00 bits per heavy atom. The minimum atomic E-state index is -3.99. The summed E-state index contributed by atoms with van der Waals surface area (Å²) in [7, 11) is -3.99. The van der Waals surface area contributed by atoms with Crippen LogP contribution in [-0.4, -0.2) is 49.7 Å². The van der Waals surface area contributed by atoms with Gasteiger partial charge in [0.15, 0.2) is 5.60 Å². The van der Waals surface area contributed by atoms with Gasteiger partial charge in [-0.05, 0) is 99.7 Å². The second-order valence-electron chi connectivity index (χ2n) is 14.1. The number of amides is 4. The molecular weight excluding hydrogens is 736 g/mol. The second kappa shape index (κ2) is 14.0. The number of halogens is 3. The molecule has 3 aromatic carbocycles. The van der Waals surface area contributed by atoms with Gasteiger partial charge < -0.3 is 14.8 Å². The zero-order chi connectivity index (χ0) is 38.6. The van der Waals surface area contributed by atoms with Crippen LogP contribution in [0.15, 0.2) is 54.6 Å². The summed E-state index contributed by atoms with van der Waals surface area (Å²) in [6.07, 6.45) is -0.445. The van der Waals surface area contributed by atoms with Gasteiger partial charge >= 0.3 is 6.09 Å². The van der Waals surface area contributed by atoms with E-state index < -0.39 is 68.2 Å². The third-order valence-corrected chi connectivity index (χ3v) is 10.5. The molecule has 52 heavy (non-hydrogen) atoms. The molecule has 0 radical (unpaired) electrons. The quantitative estimate of drug-likeness (QED) is 0.248. The molecule has 0 bridgehead atoms. The van der Waals surface area contributed by atoms with Gasteiger partial charge in [0, 0.05) is 27.9 Å². The molecule has 5 rings (SSSR count). The molecule has 2 aliphatic heterocycles. The van der Waals surface area contributed by atoms with Crippen molar-refractivity contribution >= 4 is 62.7 Å². The topological polar surface area (TPSA) is 148 Å². The van der Waals surface area contributed by atoms with E-state index in [9.17, 15) is 22.8 Å². The van der Waals surface area contributed by atoms with Crippen LogP contribution in [0.25, 0.3) is 0 Å². The van der Waals surface area contributed by atoms with Gasteiger partial charge in [0.25, 0.3) is 5.91 Å². The number of ether oxygens (including phenoxy) is 2. The van der Waals surface area contributed by atoms with E-state index >= 15 is 9.18 Å². The number of aryl methyl sites for hydroxylation is 1. The lowest BCUT2D eigenvalue weighted by atomic mass is 9.58. The summed E-state index contributed by atoms with van der Waals surface area (Å²) in [5.41, 5.74) is -3.22. The summed E-state index contributed by atoms with van der Waals surface area (Å²) in [5.74, 6) is -4.00. The van der Waals surface area contributed by atoms with Crippen molar-refractivity contribution in [3.05, 3.63) is 92.7 Å². The molecule has 0 aromatic heterocycles. The Morgan fingerprint density at radius 2 is 1.63 bits per heavy atom. The van der Waals surface area contributed by atoms with Crippen LogP contribution in [-0.2, 0) is 34.6 Å². The molecule has 2 N–H and O–H groups in total. The predicted octanol–water partition coefficient (Wildman–Crippen LogP) is 7.02. The maximum atomic E-state index is 15.4. The standard InChI is InChI=1S/C37H40Cl2FN3O8S/c1-8-36(9-2,32(45)42-52(7,48)49)50-29-15-12-21(38)16-25(29)27-19-30(44)41-31(24-18-23(40)13-10-20(24)3)37(27)26-14-11-22(39)17-28(26)43(33(37)46)34(47)51-35(4,5)6/h10-18,27,31H,8-9,19H2,1-7H3,(H,41,44)(H,42,45)/t27-,31?,37?/m1/s1. The summed E-state index contributed by atoms with van der Waals surface area (Å²) in [6.45, 7) is 9.94. The first-order valence-electron chi connectivity index (χ1n) is 16.6. The van der Waals surface area contributed by atoms with E-state index in [1.54, 1.807) is 53.7 Å². The maximum Gasteiger partial charge on any atom is 0.421 e. The molecule has 15 heteroatoms. The van der Waals surface area contributed by atoms with Gasteiger partial charge in [-0.3, -0.25) is 14.4 Å². The van der Waals surface area contributed by atoms with Gasteiger partial charge in [-0.25, -0.2) is 27.2 Å². The predicted molar refractivity (Wildman–Crippen MR) is 195 cm³/mol. The highest BCUT2D eigenvalue weighted by Crippen LogP contribution is 2.61. The third kappa shape index (κ3) is 7.10. The van der Waals surface area contributed by atoms with Gasteiger partial charge in [0.05, 0.1) is 18.0 Å². The number of piperidine rings is 1. The molecule has 278 valence electrons. The first-order chi connectivity index (χ1) is 24.2. The summed E-state index contributed by atoms with van der Waals surface area (Å²) >= 11 is 13.1. The van der Waals surface area contributed by atoms with Crippen LogP contribution >= 0.6 is 23.2 Å². The zero-order valence-electron chi connectivity index (χ0n) is 29.7. The van der Waals surface area contributed by atoms with Gasteiger partial charge in [0.2, 0.25) is 21.8 Å². The van der Waals surface area contributed by atoms with E-state index in [1.165, 1.54) is 42.5 Å². The van der Waals surface area contributed by atoms with Gasteiger partial charge in [-0.2, -0.15) is 0 Å². The highest BCUT2D eigenvalue weighted by Gasteiger charge is 2.65. The lowest BCUT2D eigenvalue weighted by molar-refractivity contribution is -0.136. The van der Waals surface area contributed by atoms with Crippen LogP contribution in [0, 0.1) is 12.7 Å². The highest BCUT2D eigenvalue weighted by molar-refractivity contribution is 7.89. The number of fused-ring (bicyclic) bond motifs is 2. The molecule has 2 heterocycles. The average Bonchev–Trinajstić information content (AvgIpc) is 3.28. The zero-order valence-corrected chi connectivity index (χ0v) is 32.1. The van der Waals surface area contributed by atoms with E-state index in [0.29, 0.717) is 5.56 Å². The van der Waals surface area contributed by atoms with Gasteiger partial charge in [-0.15, -0.1) is 0 Å². The number of rotatable bonds is 8. The number of nitrogens with zero attached hydrogens (tertiary/aromatic N) is 1. The monoisotopic (exact) mass is 775 g/mol. The van der Waals surface area contributed by atoms with E-state index in [0.717, 1.165) is 11.2 Å². The van der Waals surface area contributed by atoms with Crippen LogP contribution in [0.5, 0.6) is 5.75 Å². The van der Waals surface area contributed by atoms with Crippen molar-refractivity contribution in [2.75, 3.05) is 11.2 Å². The van der Waals surface area contributed by atoms with Crippen LogP contribution in [0.2, 0.25) is 10.0 Å². The number of nitrogens with one attached hydrogen (secondary N) is 2. The van der Waals surface area contributed by atoms with Crippen molar-refractivity contribution in [3.63, 3.8) is 0 Å². The maximum absolute atomic E-state index is 15.4. The van der Waals surface area contributed by atoms with E-state index in [4.69, 9.17) is 32.7 Å². The highest BCUT2D eigenvalue weighted by atomic mass is 35.5. The number of hydrogen-bond donors (Lipinski definition) is 2. The minimum absolute atomic E-state index is 0.0288. The Labute approximate surface area is 312 Å². The summed E-state index contributed by atoms with van der Waals surface area (Å²) in [5, 5.41) is 3.32. The summed E-state index contributed by atoms with van der Waals surface area (Å²) in [4.78, 5) is 57.7. The van der Waals surface area contributed by atoms with Gasteiger partial charge in [-0.1, -0.05) is 49.2 Å². The number of hydrogen-bond acceptors (Lipinski definition) is 8. The van der Waals surface area contributed by atoms with Crippen molar-refractivity contribution in [1.82, 2.24) is 10.0 Å². The normalized spacial score (nSPS) is 20.4. The molecule has 1 spiro atoms. The van der Waals surface area contributed by atoms with E-state index in [-0.39, 0.29) is 57.4 Å². The smallest absolute Gasteiger partial charge is 0.421 e. The third-order valence-electron chi connectivity index (χ3n) is 9.52. The number of carbonyl (C=O) groups excluding carboxylic acids is 4. The summed E-state index contributed by atoms with van der Waals surface area (Å²) < 4.78 is 53.6. The fourth-order valence-corrected chi connectivity index (χ4v) is 8.02. The van der Waals surface area contributed by atoms with Crippen LogP contribution in [0.1, 0.15) is 88.1 Å². The largest absolute Gasteiger partial charge is 0.477 e. The molecule has 2 aliphatic rings. The lowest BCUT2D eigenvalue weighted by Crippen LogP contribution is -2.59. The minimum Gasteiger partial charge on any atom is -0.477 e. The van der Waals surface area contributed by atoms with E-state index in [2.05, 4.69) is 5.32 Å². The van der Waals surface area contributed by atoms with Crippen molar-refractivity contribution < 1.29 is 41.5 Å². The van der Waals surface area contributed by atoms with Crippen molar-refractivity contribution in [3.8, 4) is 5.75 Å². The number of imide groups is 1. The molecule has 11 nitrogen and oxygen atoms in total. The second-order valence-corrected chi connectivity index (χ2v) is 16.7. The fourth-order valence-electron chi connectivity index (χ4n) is 7.15. The fraction of sp³-hybridized carbons (Fsp3) is 0.405. The molecule has 3 aromatic rings. The Hall–Kier alpha value is -4.20. The molecule has 1 fully saturated rings. The molecule has 0 saturated carbocycles. The van der Waals surface area contributed by atoms with Crippen LogP contribution in [0.3, 0.4) is 0 Å². The van der Waals surface area contributed by atoms with Crippen molar-refractivity contribution in [1.29, 1.82) is 0 Å². The van der Waals surface area contributed by atoms with E-state index in [1.807, 2.05) is 4.72 Å². The first kappa shape index (κ1) is 39.0. The van der Waals surface area contributed by atoms with Gasteiger partial charge in [0.1, 0.15) is 22.6 Å². The molecule has 1 saturated heterocycles. The number of sulfonamides is 1. The SMILES string of the molecule is CCC(CC)(Oc1ccc(Cl)cc1[C@H]1CC(=O)NC(c2cc(F)ccc2C)C12C(=O)N(C(=O)OC(C)(C)C)c1cc(Cl)ccc12)C(=O)NS(C)(=O)=O. The Morgan fingerprint density at radius 3 is 2.25 bits per heavy atom.